The van der Waals surface area contributed by atoms with Crippen LogP contribution in [-0.2, 0) is 0 Å². The molecule has 0 saturated heterocycles. The molecule has 0 atom stereocenters. The van der Waals surface area contributed by atoms with Gasteiger partial charge < -0.3 is 8.83 Å². The van der Waals surface area contributed by atoms with Crippen molar-refractivity contribution in [3.05, 3.63) is 170 Å². The van der Waals surface area contributed by atoms with Gasteiger partial charge in [-0.2, -0.15) is 0 Å². The molecule has 0 aliphatic heterocycles. The number of fused-ring (bicyclic) bond motifs is 7. The van der Waals surface area contributed by atoms with Crippen LogP contribution >= 0.6 is 0 Å². The van der Waals surface area contributed by atoms with Crippen molar-refractivity contribution in [2.75, 3.05) is 0 Å². The van der Waals surface area contributed by atoms with Gasteiger partial charge in [-0.25, -0.2) is 15.0 Å². The number of furan rings is 2. The van der Waals surface area contributed by atoms with Gasteiger partial charge in [0, 0.05) is 33.5 Å². The van der Waals surface area contributed by atoms with E-state index in [-0.39, 0.29) is 0 Å². The molecular weight excluding hydrogens is 665 g/mol. The quantitative estimate of drug-likeness (QED) is 0.179. The van der Waals surface area contributed by atoms with Gasteiger partial charge in [-0.15, -0.1) is 0 Å². The smallest absolute Gasteiger partial charge is 0.183 e. The van der Waals surface area contributed by atoms with Gasteiger partial charge in [-0.1, -0.05) is 133 Å². The van der Waals surface area contributed by atoms with Gasteiger partial charge in [0.25, 0.3) is 0 Å². The number of hydrogen-bond acceptors (Lipinski definition) is 6. The molecular formula is C48H28N4O2. The van der Waals surface area contributed by atoms with Gasteiger partial charge in [-0.3, -0.25) is 4.98 Å². The van der Waals surface area contributed by atoms with E-state index < -0.39 is 0 Å². The molecule has 6 heteroatoms. The number of pyridine rings is 1. The lowest BCUT2D eigenvalue weighted by Gasteiger charge is -2.13. The van der Waals surface area contributed by atoms with Crippen LogP contribution in [0, 0.1) is 0 Å². The predicted octanol–water partition coefficient (Wildman–Crippen LogP) is 12.6. The summed E-state index contributed by atoms with van der Waals surface area (Å²) in [6, 6.07) is 55.9. The maximum Gasteiger partial charge on any atom is 0.183 e. The Bertz CT molecular complexity index is 3220. The Morgan fingerprint density at radius 3 is 1.59 bits per heavy atom. The molecule has 54 heavy (non-hydrogen) atoms. The minimum Gasteiger partial charge on any atom is -0.456 e. The van der Waals surface area contributed by atoms with Crippen LogP contribution in [0.5, 0.6) is 0 Å². The summed E-state index contributed by atoms with van der Waals surface area (Å²) < 4.78 is 12.4. The largest absolute Gasteiger partial charge is 0.456 e. The van der Waals surface area contributed by atoms with Crippen LogP contribution in [0.1, 0.15) is 0 Å². The lowest BCUT2D eigenvalue weighted by atomic mass is 9.93. The molecule has 0 N–H and O–H groups in total. The van der Waals surface area contributed by atoms with E-state index in [1.54, 1.807) is 6.20 Å². The summed E-state index contributed by atoms with van der Waals surface area (Å²) in [6.45, 7) is 0. The fraction of sp³-hybridized carbons (Fsp3) is 0. The molecule has 11 rings (SSSR count). The molecule has 11 aromatic rings. The van der Waals surface area contributed by atoms with E-state index in [2.05, 4.69) is 84.9 Å². The number of nitrogens with zero attached hydrogens (tertiary/aromatic N) is 4. The van der Waals surface area contributed by atoms with Gasteiger partial charge >= 0.3 is 0 Å². The lowest BCUT2D eigenvalue weighted by Crippen LogP contribution is -2.02. The van der Waals surface area contributed by atoms with Crippen LogP contribution in [-0.4, -0.2) is 19.9 Å². The summed E-state index contributed by atoms with van der Waals surface area (Å²) >= 11 is 0. The first-order chi connectivity index (χ1) is 26.8. The van der Waals surface area contributed by atoms with Crippen LogP contribution in [0.2, 0.25) is 0 Å². The molecule has 0 saturated carbocycles. The number of hydrogen-bond donors (Lipinski definition) is 0. The molecule has 4 aromatic heterocycles. The Balaban J connectivity index is 1.06. The maximum absolute atomic E-state index is 6.21. The molecule has 4 heterocycles. The van der Waals surface area contributed by atoms with Crippen molar-refractivity contribution in [1.82, 2.24) is 19.9 Å². The minimum absolute atomic E-state index is 0.486. The van der Waals surface area contributed by atoms with Crippen molar-refractivity contribution >= 4 is 54.6 Å². The van der Waals surface area contributed by atoms with Gasteiger partial charge in [-0.05, 0) is 63.4 Å². The Hall–Kier alpha value is -7.44. The Kier molecular flexibility index (Phi) is 6.75. The average Bonchev–Trinajstić information content (AvgIpc) is 3.82. The van der Waals surface area contributed by atoms with E-state index >= 15 is 0 Å². The summed E-state index contributed by atoms with van der Waals surface area (Å²) in [7, 11) is 0. The first-order valence-electron chi connectivity index (χ1n) is 17.9. The second kappa shape index (κ2) is 12.1. The molecule has 7 aromatic carbocycles. The minimum atomic E-state index is 0.486. The standard InChI is InChI=1S/C48H28N4O2/c1-2-11-31(12-3-1)46-50-47(52-48(51-46)45-44-38-16-7-9-19-40(38)54-42(44)27-28-49-45)36-26-25-32(34-13-4-5-14-35(34)36)29-21-23-30(24-22-29)33-17-10-20-41-43(33)37-15-6-8-18-39(37)53-41/h1-28H. The molecule has 0 spiro atoms. The zero-order chi connectivity index (χ0) is 35.6. The van der Waals surface area contributed by atoms with Gasteiger partial charge in [0.1, 0.15) is 28.0 Å². The summed E-state index contributed by atoms with van der Waals surface area (Å²) in [5.41, 5.74) is 10.3. The highest BCUT2D eigenvalue weighted by atomic mass is 16.3. The molecule has 0 aliphatic carbocycles. The molecule has 0 bridgehead atoms. The normalized spacial score (nSPS) is 11.7. The first kappa shape index (κ1) is 30.2. The van der Waals surface area contributed by atoms with E-state index in [1.165, 1.54) is 0 Å². The van der Waals surface area contributed by atoms with Gasteiger partial charge in [0.05, 0.1) is 5.39 Å². The monoisotopic (exact) mass is 692 g/mol. The van der Waals surface area contributed by atoms with Crippen molar-refractivity contribution in [2.45, 2.75) is 0 Å². The third-order valence-electron chi connectivity index (χ3n) is 10.2. The van der Waals surface area contributed by atoms with Crippen LogP contribution in [0.3, 0.4) is 0 Å². The van der Waals surface area contributed by atoms with E-state index in [1.807, 2.05) is 78.9 Å². The number of para-hydroxylation sites is 2. The molecule has 0 fully saturated rings. The van der Waals surface area contributed by atoms with Crippen molar-refractivity contribution < 1.29 is 8.83 Å². The lowest BCUT2D eigenvalue weighted by molar-refractivity contribution is 0.668. The zero-order valence-electron chi connectivity index (χ0n) is 28.8. The molecule has 0 unspecified atom stereocenters. The SMILES string of the molecule is c1ccc(-c2nc(-c3ccc(-c4ccc(-c5cccc6oc7ccccc7c56)cc4)c4ccccc34)nc(-c3nccc4oc5ccccc5c34)n2)cc1. The Labute approximate surface area is 309 Å². The fourth-order valence-corrected chi connectivity index (χ4v) is 7.75. The highest BCUT2D eigenvalue weighted by molar-refractivity contribution is 6.13. The van der Waals surface area contributed by atoms with Crippen LogP contribution in [0.15, 0.2) is 179 Å². The number of benzene rings is 7. The highest BCUT2D eigenvalue weighted by Gasteiger charge is 2.20. The highest BCUT2D eigenvalue weighted by Crippen LogP contribution is 2.40. The van der Waals surface area contributed by atoms with Crippen molar-refractivity contribution in [2.24, 2.45) is 0 Å². The Morgan fingerprint density at radius 2 is 0.852 bits per heavy atom. The summed E-state index contributed by atoms with van der Waals surface area (Å²) in [5.74, 6) is 1.63. The van der Waals surface area contributed by atoms with Crippen molar-refractivity contribution in [3.63, 3.8) is 0 Å². The maximum atomic E-state index is 6.21. The molecule has 6 nitrogen and oxygen atoms in total. The van der Waals surface area contributed by atoms with Crippen LogP contribution < -0.4 is 0 Å². The molecule has 0 radical (unpaired) electrons. The Morgan fingerprint density at radius 1 is 0.315 bits per heavy atom. The number of aromatic nitrogens is 4. The predicted molar refractivity (Wildman–Crippen MR) is 217 cm³/mol. The summed E-state index contributed by atoms with van der Waals surface area (Å²) in [6.07, 6.45) is 1.75. The van der Waals surface area contributed by atoms with E-state index in [0.29, 0.717) is 23.2 Å². The summed E-state index contributed by atoms with van der Waals surface area (Å²) in [4.78, 5) is 20.1. The van der Waals surface area contributed by atoms with E-state index in [0.717, 1.165) is 88.0 Å². The van der Waals surface area contributed by atoms with Gasteiger partial charge in [0.15, 0.2) is 17.5 Å². The van der Waals surface area contributed by atoms with E-state index in [4.69, 9.17) is 28.8 Å². The van der Waals surface area contributed by atoms with Crippen molar-refractivity contribution in [3.8, 4) is 56.5 Å². The molecule has 0 aliphatic rings. The fourth-order valence-electron chi connectivity index (χ4n) is 7.75. The van der Waals surface area contributed by atoms with Gasteiger partial charge in [0.2, 0.25) is 0 Å². The van der Waals surface area contributed by atoms with Crippen molar-refractivity contribution in [1.29, 1.82) is 0 Å². The zero-order valence-corrected chi connectivity index (χ0v) is 28.8. The molecule has 252 valence electrons. The second-order valence-electron chi connectivity index (χ2n) is 13.4. The van der Waals surface area contributed by atoms with Crippen LogP contribution in [0.25, 0.3) is 111 Å². The first-order valence-corrected chi connectivity index (χ1v) is 17.9. The van der Waals surface area contributed by atoms with Crippen LogP contribution in [0.4, 0.5) is 0 Å². The molecule has 0 amide bonds. The third-order valence-corrected chi connectivity index (χ3v) is 10.2. The third kappa shape index (κ3) is 4.81. The number of rotatable bonds is 5. The average molecular weight is 693 g/mol. The topological polar surface area (TPSA) is 77.8 Å². The summed E-state index contributed by atoms with van der Waals surface area (Å²) in [5, 5.41) is 6.25. The van der Waals surface area contributed by atoms with E-state index in [9.17, 15) is 0 Å². The second-order valence-corrected chi connectivity index (χ2v) is 13.4.